The Labute approximate surface area is 144 Å². The minimum atomic E-state index is -1.01. The van der Waals surface area contributed by atoms with Crippen molar-refractivity contribution < 1.29 is 9.90 Å². The van der Waals surface area contributed by atoms with E-state index in [0.717, 1.165) is 28.6 Å². The number of carbonyl (C=O) groups excluding carboxylic acids is 1. The number of fused-ring (bicyclic) bond motifs is 1. The molecule has 1 aliphatic rings. The van der Waals surface area contributed by atoms with E-state index in [0.29, 0.717) is 5.01 Å². The van der Waals surface area contributed by atoms with Crippen molar-refractivity contribution in [1.29, 1.82) is 0 Å². The molecule has 0 saturated heterocycles. The smallest absolute Gasteiger partial charge is 0.280 e. The lowest BCUT2D eigenvalue weighted by atomic mass is 9.88. The summed E-state index contributed by atoms with van der Waals surface area (Å²) < 4.78 is 0.989. The van der Waals surface area contributed by atoms with Gasteiger partial charge in [-0.05, 0) is 36.5 Å². The summed E-state index contributed by atoms with van der Waals surface area (Å²) in [6, 6.07) is 17.3. The van der Waals surface area contributed by atoms with Crippen molar-refractivity contribution >= 4 is 27.5 Å². The van der Waals surface area contributed by atoms with E-state index >= 15 is 0 Å². The zero-order valence-electron chi connectivity index (χ0n) is 13.1. The Morgan fingerprint density at radius 3 is 2.58 bits per heavy atom. The molecule has 1 aliphatic carbocycles. The fourth-order valence-corrected chi connectivity index (χ4v) is 3.91. The number of aliphatic hydroxyl groups is 1. The maximum atomic E-state index is 12.5. The third kappa shape index (κ3) is 2.81. The fourth-order valence-electron chi connectivity index (χ4n) is 3.03. The van der Waals surface area contributed by atoms with E-state index in [2.05, 4.69) is 10.3 Å². The van der Waals surface area contributed by atoms with Crippen molar-refractivity contribution in [3.05, 3.63) is 65.2 Å². The van der Waals surface area contributed by atoms with Gasteiger partial charge in [0.2, 0.25) is 0 Å². The van der Waals surface area contributed by atoms with Crippen LogP contribution in [0.5, 0.6) is 0 Å². The minimum Gasteiger partial charge on any atom is -0.383 e. The van der Waals surface area contributed by atoms with Crippen molar-refractivity contribution in [2.45, 2.75) is 18.4 Å². The van der Waals surface area contributed by atoms with Crippen LogP contribution in [0.15, 0.2) is 54.6 Å². The number of thiazole rings is 1. The number of para-hydroxylation sites is 1. The van der Waals surface area contributed by atoms with Gasteiger partial charge in [0, 0.05) is 0 Å². The number of hydrogen-bond donors (Lipinski definition) is 2. The van der Waals surface area contributed by atoms with Gasteiger partial charge in [0.05, 0.1) is 16.8 Å². The monoisotopic (exact) mass is 338 g/mol. The van der Waals surface area contributed by atoms with Gasteiger partial charge < -0.3 is 10.4 Å². The Hall–Kier alpha value is -2.24. The van der Waals surface area contributed by atoms with Gasteiger partial charge in [-0.25, -0.2) is 4.98 Å². The molecular formula is C19H18N2O2S. The zero-order valence-corrected chi connectivity index (χ0v) is 13.9. The predicted octanol–water partition coefficient (Wildman–Crippen LogP) is 3.32. The summed E-state index contributed by atoms with van der Waals surface area (Å²) in [7, 11) is 0. The van der Waals surface area contributed by atoms with Gasteiger partial charge in [-0.3, -0.25) is 4.79 Å². The molecule has 1 saturated carbocycles. The second-order valence-corrected chi connectivity index (χ2v) is 7.26. The number of rotatable bonds is 5. The summed E-state index contributed by atoms with van der Waals surface area (Å²) in [4.78, 5) is 16.8. The number of amides is 1. The Kier molecular flexibility index (Phi) is 3.82. The minimum absolute atomic E-state index is 0.204. The van der Waals surface area contributed by atoms with Crippen LogP contribution in [0.3, 0.4) is 0 Å². The van der Waals surface area contributed by atoms with Gasteiger partial charge in [0.15, 0.2) is 5.01 Å². The van der Waals surface area contributed by atoms with Crippen LogP contribution in [0.1, 0.15) is 28.2 Å². The summed E-state index contributed by atoms with van der Waals surface area (Å²) in [6.07, 6.45) is 1.98. The van der Waals surface area contributed by atoms with Crippen LogP contribution in [0.2, 0.25) is 0 Å². The van der Waals surface area contributed by atoms with Crippen LogP contribution in [0.25, 0.3) is 10.2 Å². The van der Waals surface area contributed by atoms with Crippen molar-refractivity contribution in [2.24, 2.45) is 5.92 Å². The van der Waals surface area contributed by atoms with Crippen molar-refractivity contribution in [1.82, 2.24) is 10.3 Å². The van der Waals surface area contributed by atoms with Crippen molar-refractivity contribution in [3.8, 4) is 0 Å². The number of aromatic nitrogens is 1. The van der Waals surface area contributed by atoms with Gasteiger partial charge >= 0.3 is 0 Å². The van der Waals surface area contributed by atoms with E-state index in [-0.39, 0.29) is 18.4 Å². The fraction of sp³-hybridized carbons (Fsp3) is 0.263. The average Bonchev–Trinajstić information content (AvgIpc) is 3.39. The number of hydrogen-bond acceptors (Lipinski definition) is 4. The SMILES string of the molecule is O=C(NC[C@@](O)(c1ccccc1)C1CC1)c1nc2ccccc2s1. The molecule has 0 spiro atoms. The van der Waals surface area contributed by atoms with Crippen molar-refractivity contribution in [2.75, 3.05) is 6.54 Å². The molecule has 3 aromatic rings. The van der Waals surface area contributed by atoms with E-state index in [1.165, 1.54) is 11.3 Å². The Bertz CT molecular complexity index is 840. The van der Waals surface area contributed by atoms with Crippen LogP contribution >= 0.6 is 11.3 Å². The first-order valence-electron chi connectivity index (χ1n) is 8.08. The lowest BCUT2D eigenvalue weighted by Crippen LogP contribution is -2.42. The molecule has 1 fully saturated rings. The van der Waals surface area contributed by atoms with Gasteiger partial charge in [0.1, 0.15) is 5.60 Å². The first kappa shape index (κ1) is 15.3. The number of nitrogens with one attached hydrogen (secondary N) is 1. The molecule has 0 bridgehead atoms. The quantitative estimate of drug-likeness (QED) is 0.750. The average molecular weight is 338 g/mol. The molecule has 1 heterocycles. The molecule has 1 atom stereocenters. The molecule has 4 rings (SSSR count). The molecule has 122 valence electrons. The number of nitrogens with zero attached hydrogens (tertiary/aromatic N) is 1. The Morgan fingerprint density at radius 1 is 1.17 bits per heavy atom. The molecule has 0 radical (unpaired) electrons. The molecule has 1 aromatic heterocycles. The summed E-state index contributed by atoms with van der Waals surface area (Å²) >= 11 is 1.37. The lowest BCUT2D eigenvalue weighted by Gasteiger charge is -2.29. The first-order chi connectivity index (χ1) is 11.7. The Morgan fingerprint density at radius 2 is 1.88 bits per heavy atom. The molecule has 5 heteroatoms. The standard InChI is InChI=1S/C19H18N2O2S/c22-17(18-21-15-8-4-5-9-16(15)24-18)20-12-19(23,14-10-11-14)13-6-2-1-3-7-13/h1-9,14,23H,10-12H2,(H,20,22)/t19-/m1/s1. The van der Waals surface area contributed by atoms with Gasteiger partial charge in [-0.15, -0.1) is 11.3 Å². The van der Waals surface area contributed by atoms with Gasteiger partial charge in [0.25, 0.3) is 5.91 Å². The molecular weight excluding hydrogens is 320 g/mol. The summed E-state index contributed by atoms with van der Waals surface area (Å²) in [5.41, 5.74) is 0.679. The van der Waals surface area contributed by atoms with E-state index in [9.17, 15) is 9.90 Å². The maximum absolute atomic E-state index is 12.5. The highest BCUT2D eigenvalue weighted by Crippen LogP contribution is 2.45. The molecule has 2 aromatic carbocycles. The van der Waals surface area contributed by atoms with Crippen LogP contribution in [-0.2, 0) is 5.60 Å². The molecule has 0 aliphatic heterocycles. The first-order valence-corrected chi connectivity index (χ1v) is 8.90. The second kappa shape index (κ2) is 6.00. The molecule has 1 amide bonds. The zero-order chi connectivity index (χ0) is 16.6. The van der Waals surface area contributed by atoms with Crippen LogP contribution in [-0.4, -0.2) is 22.5 Å². The van der Waals surface area contributed by atoms with E-state index in [1.807, 2.05) is 54.6 Å². The highest BCUT2D eigenvalue weighted by atomic mass is 32.1. The van der Waals surface area contributed by atoms with Crippen LogP contribution in [0.4, 0.5) is 0 Å². The van der Waals surface area contributed by atoms with Crippen LogP contribution < -0.4 is 5.32 Å². The van der Waals surface area contributed by atoms with E-state index in [1.54, 1.807) is 0 Å². The highest BCUT2D eigenvalue weighted by molar-refractivity contribution is 7.20. The Balaban J connectivity index is 1.53. The third-order valence-electron chi connectivity index (χ3n) is 4.53. The molecule has 24 heavy (non-hydrogen) atoms. The van der Waals surface area contributed by atoms with Crippen LogP contribution in [0, 0.1) is 5.92 Å². The largest absolute Gasteiger partial charge is 0.383 e. The molecule has 4 nitrogen and oxygen atoms in total. The van der Waals surface area contributed by atoms with E-state index in [4.69, 9.17) is 0 Å². The third-order valence-corrected chi connectivity index (χ3v) is 5.57. The number of carbonyl (C=O) groups is 1. The lowest BCUT2D eigenvalue weighted by molar-refractivity contribution is 0.0135. The summed E-state index contributed by atoms with van der Waals surface area (Å²) in [6.45, 7) is 0.205. The second-order valence-electron chi connectivity index (χ2n) is 6.23. The normalized spacial score (nSPS) is 16.7. The summed E-state index contributed by atoms with van der Waals surface area (Å²) in [5.74, 6) is -0.0261. The summed E-state index contributed by atoms with van der Waals surface area (Å²) in [5, 5.41) is 14.4. The number of benzene rings is 2. The van der Waals surface area contributed by atoms with Crippen molar-refractivity contribution in [3.63, 3.8) is 0 Å². The molecule has 0 unspecified atom stereocenters. The topological polar surface area (TPSA) is 62.2 Å². The van der Waals surface area contributed by atoms with Gasteiger partial charge in [-0.1, -0.05) is 42.5 Å². The van der Waals surface area contributed by atoms with Gasteiger partial charge in [-0.2, -0.15) is 0 Å². The molecule has 2 N–H and O–H groups in total. The maximum Gasteiger partial charge on any atom is 0.280 e. The predicted molar refractivity (Wildman–Crippen MR) is 95.0 cm³/mol. The highest BCUT2D eigenvalue weighted by Gasteiger charge is 2.45. The van der Waals surface area contributed by atoms with E-state index < -0.39 is 5.60 Å².